The fraction of sp³-hybridized carbons (Fsp3) is 0.222. The fourth-order valence-corrected chi connectivity index (χ4v) is 2.89. The fourth-order valence-electron chi connectivity index (χ4n) is 2.89. The summed E-state index contributed by atoms with van der Waals surface area (Å²) >= 11 is 0. The highest BCUT2D eigenvalue weighted by atomic mass is 19.4. The van der Waals surface area contributed by atoms with Crippen molar-refractivity contribution in [2.24, 2.45) is 0 Å². The summed E-state index contributed by atoms with van der Waals surface area (Å²) < 4.78 is 48.2. The van der Waals surface area contributed by atoms with E-state index in [2.05, 4.69) is 20.4 Å². The Morgan fingerprint density at radius 1 is 1.38 bits per heavy atom. The molecule has 150 valence electrons. The molecular formula is C18H16F3N6O2+. The van der Waals surface area contributed by atoms with Gasteiger partial charge in [-0.2, -0.15) is 18.3 Å². The number of hydrogen-bond acceptors (Lipinski definition) is 4. The van der Waals surface area contributed by atoms with E-state index in [4.69, 9.17) is 4.42 Å². The van der Waals surface area contributed by atoms with Gasteiger partial charge < -0.3 is 9.73 Å². The molecule has 0 aliphatic carbocycles. The number of rotatable bonds is 6. The average Bonchev–Trinajstić information content (AvgIpc) is 3.45. The number of aryl methyl sites for hydroxylation is 1. The van der Waals surface area contributed by atoms with Crippen LogP contribution in [-0.2, 0) is 12.7 Å². The highest BCUT2D eigenvalue weighted by molar-refractivity contribution is 5.99. The number of aromatic amines is 1. The van der Waals surface area contributed by atoms with Crippen LogP contribution in [0.4, 0.5) is 13.2 Å². The first-order valence-corrected chi connectivity index (χ1v) is 8.73. The summed E-state index contributed by atoms with van der Waals surface area (Å²) in [6, 6.07) is 3.88. The normalized spacial score (nSPS) is 11.8. The smallest absolute Gasteiger partial charge is 0.433 e. The summed E-state index contributed by atoms with van der Waals surface area (Å²) in [6.07, 6.45) is 3.79. The predicted molar refractivity (Wildman–Crippen MR) is 93.6 cm³/mol. The lowest BCUT2D eigenvalue weighted by Crippen LogP contribution is -2.33. The van der Waals surface area contributed by atoms with Gasteiger partial charge in [-0.25, -0.2) is 14.1 Å². The van der Waals surface area contributed by atoms with Gasteiger partial charge in [0.15, 0.2) is 17.1 Å². The van der Waals surface area contributed by atoms with Gasteiger partial charge in [0.2, 0.25) is 6.33 Å². The molecule has 11 heteroatoms. The van der Waals surface area contributed by atoms with E-state index in [0.717, 1.165) is 12.3 Å². The van der Waals surface area contributed by atoms with Crippen molar-refractivity contribution in [3.8, 4) is 11.5 Å². The van der Waals surface area contributed by atoms with Gasteiger partial charge in [-0.05, 0) is 18.2 Å². The molecule has 1 amide bonds. The second kappa shape index (κ2) is 7.41. The van der Waals surface area contributed by atoms with Gasteiger partial charge in [0.25, 0.3) is 5.91 Å². The molecule has 8 nitrogen and oxygen atoms in total. The summed E-state index contributed by atoms with van der Waals surface area (Å²) in [5, 5.41) is 6.42. The van der Waals surface area contributed by atoms with Crippen LogP contribution in [0, 0.1) is 0 Å². The SMILES string of the molecule is O=C(NCCC[n+]1cc[nH]c1)c1cnn2c(C(F)(F)F)cc(-c3ccco3)nc12. The summed E-state index contributed by atoms with van der Waals surface area (Å²) in [7, 11) is 0. The van der Waals surface area contributed by atoms with E-state index in [9.17, 15) is 18.0 Å². The largest absolute Gasteiger partial charge is 0.463 e. The third-order valence-corrected chi connectivity index (χ3v) is 4.26. The Hall–Kier alpha value is -3.63. The Balaban J connectivity index is 1.61. The minimum atomic E-state index is -4.68. The van der Waals surface area contributed by atoms with Crippen LogP contribution in [0.1, 0.15) is 22.5 Å². The molecule has 0 spiro atoms. The lowest BCUT2D eigenvalue weighted by Gasteiger charge is -2.10. The standard InChI is InChI=1S/C18H15F3N6O2/c19-18(20,21)15-9-13(14-3-1-8-29-14)25-16-12(10-24-27(15)16)17(28)23-4-2-6-26-7-5-22-11-26/h1,3,5,7-11H,2,4,6H2,(H,23,28)/p+1. The third kappa shape index (κ3) is 3.84. The van der Waals surface area contributed by atoms with E-state index in [1.165, 1.54) is 12.3 Å². The molecule has 0 atom stereocenters. The van der Waals surface area contributed by atoms with E-state index in [0.29, 0.717) is 24.0 Å². The maximum absolute atomic E-state index is 13.5. The van der Waals surface area contributed by atoms with Crippen LogP contribution in [0.2, 0.25) is 0 Å². The molecule has 0 aromatic carbocycles. The van der Waals surface area contributed by atoms with Crippen molar-refractivity contribution in [2.75, 3.05) is 6.54 Å². The maximum Gasteiger partial charge on any atom is 0.433 e. The number of furan rings is 1. The first kappa shape index (κ1) is 18.7. The first-order chi connectivity index (χ1) is 13.9. The van der Waals surface area contributed by atoms with Gasteiger partial charge in [-0.15, -0.1) is 0 Å². The highest BCUT2D eigenvalue weighted by Gasteiger charge is 2.36. The van der Waals surface area contributed by atoms with Crippen molar-refractivity contribution >= 4 is 11.6 Å². The van der Waals surface area contributed by atoms with Crippen molar-refractivity contribution in [3.05, 3.63) is 60.6 Å². The zero-order valence-corrected chi connectivity index (χ0v) is 15.0. The summed E-state index contributed by atoms with van der Waals surface area (Å²) in [6.45, 7) is 1.02. The predicted octanol–water partition coefficient (Wildman–Crippen LogP) is 2.44. The molecule has 0 fully saturated rings. The molecule has 0 saturated carbocycles. The number of imidazole rings is 1. The van der Waals surface area contributed by atoms with E-state index < -0.39 is 17.8 Å². The number of fused-ring (bicyclic) bond motifs is 1. The molecule has 0 radical (unpaired) electrons. The number of carbonyl (C=O) groups is 1. The Kier molecular flexibility index (Phi) is 4.79. The molecular weight excluding hydrogens is 389 g/mol. The van der Waals surface area contributed by atoms with Crippen LogP contribution in [0.25, 0.3) is 17.1 Å². The molecule has 4 heterocycles. The summed E-state index contributed by atoms with van der Waals surface area (Å²) in [5.74, 6) is -0.384. The molecule has 4 aromatic rings. The van der Waals surface area contributed by atoms with Gasteiger partial charge in [0.1, 0.15) is 23.7 Å². The Labute approximate surface area is 162 Å². The van der Waals surface area contributed by atoms with E-state index in [1.807, 2.05) is 10.8 Å². The maximum atomic E-state index is 13.5. The van der Waals surface area contributed by atoms with Crippen LogP contribution < -0.4 is 9.88 Å². The topological polar surface area (TPSA) is 92.1 Å². The van der Waals surface area contributed by atoms with Gasteiger partial charge >= 0.3 is 6.18 Å². The quantitative estimate of drug-likeness (QED) is 0.381. The highest BCUT2D eigenvalue weighted by Crippen LogP contribution is 2.32. The summed E-state index contributed by atoms with van der Waals surface area (Å²) in [5.41, 5.74) is -1.31. The number of hydrogen-bond donors (Lipinski definition) is 2. The molecule has 0 aliphatic heterocycles. The van der Waals surface area contributed by atoms with Crippen molar-refractivity contribution in [1.82, 2.24) is 24.9 Å². The minimum Gasteiger partial charge on any atom is -0.463 e. The van der Waals surface area contributed by atoms with Crippen molar-refractivity contribution in [2.45, 2.75) is 19.1 Å². The number of halogens is 3. The van der Waals surface area contributed by atoms with Crippen LogP contribution in [0.15, 0.2) is 53.8 Å². The van der Waals surface area contributed by atoms with Crippen molar-refractivity contribution < 1.29 is 27.0 Å². The third-order valence-electron chi connectivity index (χ3n) is 4.26. The van der Waals surface area contributed by atoms with Crippen molar-refractivity contribution in [3.63, 3.8) is 0 Å². The minimum absolute atomic E-state index is 0.0340. The van der Waals surface area contributed by atoms with Gasteiger partial charge in [0.05, 0.1) is 19.0 Å². The number of aromatic nitrogens is 5. The Bertz CT molecular complexity index is 1120. The van der Waals surface area contributed by atoms with E-state index in [1.54, 1.807) is 18.6 Å². The van der Waals surface area contributed by atoms with Gasteiger partial charge in [-0.3, -0.25) is 9.78 Å². The second-order valence-corrected chi connectivity index (χ2v) is 6.25. The van der Waals surface area contributed by atoms with E-state index in [-0.39, 0.29) is 22.7 Å². The lowest BCUT2D eigenvalue weighted by atomic mass is 10.2. The number of nitrogens with zero attached hydrogens (tertiary/aromatic N) is 4. The lowest BCUT2D eigenvalue weighted by molar-refractivity contribution is -0.695. The Morgan fingerprint density at radius 2 is 2.24 bits per heavy atom. The van der Waals surface area contributed by atoms with Gasteiger partial charge in [0, 0.05) is 13.0 Å². The zero-order chi connectivity index (χ0) is 20.4. The molecule has 4 aromatic heterocycles. The monoisotopic (exact) mass is 405 g/mol. The summed E-state index contributed by atoms with van der Waals surface area (Å²) in [4.78, 5) is 19.6. The van der Waals surface area contributed by atoms with Crippen LogP contribution in [-0.4, -0.2) is 32.0 Å². The number of carbonyl (C=O) groups excluding carboxylic acids is 1. The van der Waals surface area contributed by atoms with Crippen molar-refractivity contribution in [1.29, 1.82) is 0 Å². The average molecular weight is 405 g/mol. The number of alkyl halides is 3. The second-order valence-electron chi connectivity index (χ2n) is 6.25. The molecule has 29 heavy (non-hydrogen) atoms. The molecule has 2 N–H and O–H groups in total. The number of H-pyrrole nitrogens is 1. The molecule has 0 bridgehead atoms. The first-order valence-electron chi connectivity index (χ1n) is 8.73. The van der Waals surface area contributed by atoms with E-state index >= 15 is 0 Å². The molecule has 0 aliphatic rings. The zero-order valence-electron chi connectivity index (χ0n) is 15.0. The molecule has 0 unspecified atom stereocenters. The Morgan fingerprint density at radius 3 is 2.93 bits per heavy atom. The van der Waals surface area contributed by atoms with Crippen LogP contribution >= 0.6 is 0 Å². The van der Waals surface area contributed by atoms with Crippen LogP contribution in [0.3, 0.4) is 0 Å². The van der Waals surface area contributed by atoms with Gasteiger partial charge in [-0.1, -0.05) is 0 Å². The molecule has 0 saturated heterocycles. The van der Waals surface area contributed by atoms with Crippen LogP contribution in [0.5, 0.6) is 0 Å². The molecule has 4 rings (SSSR count). The number of amides is 1. The number of nitrogens with one attached hydrogen (secondary N) is 2.